The second kappa shape index (κ2) is 7.92. The van der Waals surface area contributed by atoms with Gasteiger partial charge in [-0.05, 0) is 43.2 Å². The van der Waals surface area contributed by atoms with E-state index >= 15 is 0 Å². The third-order valence-corrected chi connectivity index (χ3v) is 6.05. The zero-order chi connectivity index (χ0) is 21.4. The lowest BCUT2D eigenvalue weighted by Crippen LogP contribution is -2.09. The molecule has 0 aliphatic rings. The molecule has 0 unspecified atom stereocenters. The fourth-order valence-corrected chi connectivity index (χ4v) is 4.38. The highest BCUT2D eigenvalue weighted by Gasteiger charge is 2.11. The molecular weight excluding hydrogens is 404 g/mol. The van der Waals surface area contributed by atoms with Crippen LogP contribution in [0.1, 0.15) is 25.8 Å². The van der Waals surface area contributed by atoms with Crippen LogP contribution in [0.2, 0.25) is 0 Å². The van der Waals surface area contributed by atoms with Crippen LogP contribution in [0.3, 0.4) is 0 Å². The molecule has 0 fully saturated rings. The first-order chi connectivity index (χ1) is 15.0. The van der Waals surface area contributed by atoms with Gasteiger partial charge in [0.05, 0.1) is 27.6 Å². The van der Waals surface area contributed by atoms with Crippen LogP contribution in [-0.2, 0) is 7.05 Å². The lowest BCUT2D eigenvalue weighted by atomic mass is 10.0. The van der Waals surface area contributed by atoms with Crippen LogP contribution in [0.15, 0.2) is 66.4 Å². The van der Waals surface area contributed by atoms with Crippen LogP contribution in [-0.4, -0.2) is 24.7 Å². The number of thiazole rings is 1. The predicted molar refractivity (Wildman–Crippen MR) is 128 cm³/mol. The smallest absolute Gasteiger partial charge is 0.130 e. The molecule has 5 aromatic rings. The monoisotopic (exact) mass is 428 g/mol. The first-order valence-corrected chi connectivity index (χ1v) is 11.0. The summed E-state index contributed by atoms with van der Waals surface area (Å²) in [5, 5.41) is 7.82. The number of rotatable bonds is 5. The molecule has 3 aromatic heterocycles. The maximum absolute atomic E-state index is 4.66. The molecule has 0 amide bonds. The summed E-state index contributed by atoms with van der Waals surface area (Å²) in [7, 11) is 1.93. The van der Waals surface area contributed by atoms with E-state index in [0.717, 1.165) is 44.2 Å². The Hall–Kier alpha value is -3.58. The number of hydrogen-bond donors (Lipinski definition) is 1. The van der Waals surface area contributed by atoms with E-state index in [-0.39, 0.29) is 7.47 Å². The van der Waals surface area contributed by atoms with Crippen molar-refractivity contribution in [2.45, 2.75) is 19.9 Å². The molecule has 0 radical (unpaired) electrons. The lowest BCUT2D eigenvalue weighted by molar-refractivity contribution is 0.768. The molecule has 1 N–H and O–H groups in total. The van der Waals surface area contributed by atoms with Crippen molar-refractivity contribution in [2.24, 2.45) is 7.05 Å². The normalized spacial score (nSPS) is 12.2. The van der Waals surface area contributed by atoms with Gasteiger partial charge >= 0.3 is 0 Å². The molecule has 0 spiro atoms. The minimum absolute atomic E-state index is 0. The van der Waals surface area contributed by atoms with E-state index in [4.69, 9.17) is 0 Å². The van der Waals surface area contributed by atoms with Gasteiger partial charge in [0.25, 0.3) is 0 Å². The van der Waals surface area contributed by atoms with Gasteiger partial charge in [0.2, 0.25) is 0 Å². The van der Waals surface area contributed by atoms with Gasteiger partial charge in [-0.25, -0.2) is 15.0 Å². The van der Waals surface area contributed by atoms with Gasteiger partial charge in [0.15, 0.2) is 0 Å². The Morgan fingerprint density at radius 1 is 1.03 bits per heavy atom. The number of anilines is 1. The Morgan fingerprint density at radius 2 is 1.94 bits per heavy atom. The molecule has 0 aliphatic heterocycles. The summed E-state index contributed by atoms with van der Waals surface area (Å²) in [6.07, 6.45) is 3.91. The van der Waals surface area contributed by atoms with Gasteiger partial charge in [-0.3, -0.25) is 4.68 Å². The molecule has 0 saturated heterocycles. The Bertz CT molecular complexity index is 1380. The van der Waals surface area contributed by atoms with Gasteiger partial charge in [-0.15, -0.1) is 11.3 Å². The van der Waals surface area contributed by atoms with Crippen molar-refractivity contribution in [3.05, 3.63) is 77.8 Å². The van der Waals surface area contributed by atoms with Gasteiger partial charge in [0, 0.05) is 37.9 Å². The predicted octanol–water partition coefficient (Wildman–Crippen LogP) is 5.88. The Balaban J connectivity index is 0.00000245. The highest BCUT2D eigenvalue weighted by atomic mass is 32.1. The van der Waals surface area contributed by atoms with E-state index < -0.39 is 0 Å². The maximum Gasteiger partial charge on any atom is 0.130 e. The van der Waals surface area contributed by atoms with Gasteiger partial charge in [0.1, 0.15) is 11.6 Å². The van der Waals surface area contributed by atoms with Crippen molar-refractivity contribution >= 4 is 27.4 Å². The summed E-state index contributed by atoms with van der Waals surface area (Å²) in [5.41, 5.74) is 8.30. The summed E-state index contributed by atoms with van der Waals surface area (Å²) in [6, 6.07) is 16.9. The van der Waals surface area contributed by atoms with Crippen LogP contribution in [0.25, 0.3) is 32.6 Å². The van der Waals surface area contributed by atoms with Crippen molar-refractivity contribution in [3.8, 4) is 22.4 Å². The number of nitrogens with one attached hydrogen (secondary N) is 1. The van der Waals surface area contributed by atoms with Crippen LogP contribution < -0.4 is 5.32 Å². The molecule has 6 nitrogen and oxygen atoms in total. The molecular formula is C24H24N6S. The summed E-state index contributed by atoms with van der Waals surface area (Å²) in [5.74, 6) is 1.55. The van der Waals surface area contributed by atoms with E-state index in [1.54, 1.807) is 11.3 Å². The number of hydrogen-bond acceptors (Lipinski definition) is 6. The minimum Gasteiger partial charge on any atom is -0.363 e. The average molecular weight is 429 g/mol. The standard InChI is InChI=1S/C24H22N6S.H2/c1-15(17-5-4-6-18(9-17)20-12-26-30(3)13-20)27-24-11-22(28-16(2)29-24)19-7-8-21-23(10-19)31-14-25-21;/h4-15H,1-3H3,(H,27,28,29);1H/t15-;/m1./s1. The number of aromatic nitrogens is 5. The summed E-state index contributed by atoms with van der Waals surface area (Å²) in [4.78, 5) is 13.6. The molecule has 7 heteroatoms. The Kier molecular flexibility index (Phi) is 4.95. The molecule has 31 heavy (non-hydrogen) atoms. The third-order valence-electron chi connectivity index (χ3n) is 5.25. The van der Waals surface area contributed by atoms with Crippen LogP contribution in [0.5, 0.6) is 0 Å². The third kappa shape index (κ3) is 4.04. The van der Waals surface area contributed by atoms with Gasteiger partial charge < -0.3 is 5.32 Å². The van der Waals surface area contributed by atoms with Gasteiger partial charge in [-0.1, -0.05) is 24.3 Å². The number of nitrogens with zero attached hydrogens (tertiary/aromatic N) is 5. The lowest BCUT2D eigenvalue weighted by Gasteiger charge is -2.17. The van der Waals surface area contributed by atoms with E-state index in [2.05, 4.69) is 68.7 Å². The molecule has 0 aliphatic carbocycles. The quantitative estimate of drug-likeness (QED) is 0.378. The first kappa shape index (κ1) is 19.4. The summed E-state index contributed by atoms with van der Waals surface area (Å²) in [6.45, 7) is 4.07. The number of aryl methyl sites for hydroxylation is 2. The summed E-state index contributed by atoms with van der Waals surface area (Å²) >= 11 is 1.64. The Morgan fingerprint density at radius 3 is 2.77 bits per heavy atom. The highest BCUT2D eigenvalue weighted by Crippen LogP contribution is 2.28. The molecule has 156 valence electrons. The first-order valence-electron chi connectivity index (χ1n) is 10.1. The van der Waals surface area contributed by atoms with Crippen molar-refractivity contribution < 1.29 is 1.43 Å². The molecule has 3 heterocycles. The van der Waals surface area contributed by atoms with E-state index in [1.165, 1.54) is 5.56 Å². The van der Waals surface area contributed by atoms with E-state index in [0.29, 0.717) is 0 Å². The van der Waals surface area contributed by atoms with E-state index in [1.807, 2.05) is 48.7 Å². The molecule has 0 saturated carbocycles. The zero-order valence-electron chi connectivity index (χ0n) is 17.6. The second-order valence-corrected chi connectivity index (χ2v) is 8.50. The van der Waals surface area contributed by atoms with Gasteiger partial charge in [-0.2, -0.15) is 5.10 Å². The fourth-order valence-electron chi connectivity index (χ4n) is 3.67. The SMILES string of the molecule is Cc1nc(N[C@H](C)c2cccc(-c3cnn(C)c3)c2)cc(-c2ccc3ncsc3c2)n1.[HH]. The zero-order valence-corrected chi connectivity index (χ0v) is 18.4. The van der Waals surface area contributed by atoms with Crippen molar-refractivity contribution in [2.75, 3.05) is 5.32 Å². The molecule has 2 aromatic carbocycles. The van der Waals surface area contributed by atoms with Crippen LogP contribution >= 0.6 is 11.3 Å². The number of fused-ring (bicyclic) bond motifs is 1. The summed E-state index contributed by atoms with van der Waals surface area (Å²) < 4.78 is 2.97. The largest absolute Gasteiger partial charge is 0.363 e. The van der Waals surface area contributed by atoms with Crippen molar-refractivity contribution in [3.63, 3.8) is 0 Å². The van der Waals surface area contributed by atoms with E-state index in [9.17, 15) is 0 Å². The second-order valence-electron chi connectivity index (χ2n) is 7.61. The van der Waals surface area contributed by atoms with Crippen LogP contribution in [0.4, 0.5) is 5.82 Å². The topological polar surface area (TPSA) is 68.5 Å². The maximum atomic E-state index is 4.66. The van der Waals surface area contributed by atoms with Crippen molar-refractivity contribution in [1.29, 1.82) is 0 Å². The molecule has 1 atom stereocenters. The molecule has 5 rings (SSSR count). The number of benzene rings is 2. The van der Waals surface area contributed by atoms with Crippen LogP contribution in [0, 0.1) is 6.92 Å². The molecule has 0 bridgehead atoms. The fraction of sp³-hybridized carbons (Fsp3) is 0.167. The highest BCUT2D eigenvalue weighted by molar-refractivity contribution is 7.16. The average Bonchev–Trinajstić information content (AvgIpc) is 3.41. The minimum atomic E-state index is 0. The Labute approximate surface area is 186 Å². The van der Waals surface area contributed by atoms with Crippen molar-refractivity contribution in [1.82, 2.24) is 24.7 Å².